The molecule has 0 aliphatic heterocycles. The van der Waals surface area contributed by atoms with E-state index in [0.717, 1.165) is 33.5 Å². The van der Waals surface area contributed by atoms with Crippen molar-refractivity contribution in [3.63, 3.8) is 0 Å². The zero-order valence-corrected chi connectivity index (χ0v) is 17.3. The summed E-state index contributed by atoms with van der Waals surface area (Å²) in [4.78, 5) is 4.72. The van der Waals surface area contributed by atoms with Gasteiger partial charge in [-0.1, -0.05) is 0 Å². The summed E-state index contributed by atoms with van der Waals surface area (Å²) in [6.45, 7) is 0.614. The molecule has 7 heteroatoms. The van der Waals surface area contributed by atoms with Crippen molar-refractivity contribution in [3.8, 4) is 33.9 Å². The zero-order chi connectivity index (χ0) is 19.8. The highest BCUT2D eigenvalue weighted by Crippen LogP contribution is 2.33. The number of thiazole rings is 1. The number of aromatic nitrogens is 1. The lowest BCUT2D eigenvalue weighted by Gasteiger charge is -2.08. The summed E-state index contributed by atoms with van der Waals surface area (Å²) >= 11 is 3.40. The van der Waals surface area contributed by atoms with E-state index in [4.69, 9.17) is 24.5 Å². The minimum Gasteiger partial charge on any atom is -0.493 e. The third-order valence-electron chi connectivity index (χ3n) is 3.91. The lowest BCUT2D eigenvalue weighted by Crippen LogP contribution is -2.00. The molecule has 0 N–H and O–H groups in total. The molecular weight excluding hydrogens is 392 g/mol. The average Bonchev–Trinajstić information content (AvgIpc) is 3.22. The molecule has 0 unspecified atom stereocenters. The van der Waals surface area contributed by atoms with Gasteiger partial charge < -0.3 is 14.2 Å². The van der Waals surface area contributed by atoms with E-state index in [9.17, 15) is 0 Å². The van der Waals surface area contributed by atoms with E-state index < -0.39 is 0 Å². The average molecular weight is 413 g/mol. The number of nitrogens with zero attached hydrogens (tertiary/aromatic N) is 2. The second-order valence-corrected chi connectivity index (χ2v) is 7.71. The van der Waals surface area contributed by atoms with E-state index in [1.54, 1.807) is 49.5 Å². The van der Waals surface area contributed by atoms with Gasteiger partial charge in [0.25, 0.3) is 0 Å². The lowest BCUT2D eigenvalue weighted by atomic mass is 10.2. The van der Waals surface area contributed by atoms with Gasteiger partial charge >= 0.3 is 0 Å². The summed E-state index contributed by atoms with van der Waals surface area (Å²) in [5.41, 5.74) is 2.71. The Balaban J connectivity index is 1.47. The van der Waals surface area contributed by atoms with Gasteiger partial charge in [-0.25, -0.2) is 4.98 Å². The number of rotatable bonds is 9. The molecule has 0 amide bonds. The maximum atomic E-state index is 8.80. The molecule has 144 valence electrons. The van der Waals surface area contributed by atoms with Crippen LogP contribution < -0.4 is 14.2 Å². The Hall–Kier alpha value is -2.69. The van der Waals surface area contributed by atoms with Gasteiger partial charge in [0.05, 0.1) is 38.2 Å². The second-order valence-electron chi connectivity index (χ2n) is 5.75. The molecule has 0 aliphatic carbocycles. The zero-order valence-electron chi connectivity index (χ0n) is 15.7. The van der Waals surface area contributed by atoms with E-state index in [-0.39, 0.29) is 0 Å². The molecule has 0 saturated carbocycles. The van der Waals surface area contributed by atoms with Gasteiger partial charge in [-0.15, -0.1) is 11.3 Å². The SMILES string of the molecule is COc1ccc(-c2nc(CSCCOc3ccc(C#N)cc3)cs2)cc1OC. The molecule has 1 aromatic heterocycles. The predicted octanol–water partition coefficient (Wildman–Crippen LogP) is 5.01. The molecule has 0 saturated heterocycles. The van der Waals surface area contributed by atoms with E-state index >= 15 is 0 Å². The van der Waals surface area contributed by atoms with Crippen LogP contribution >= 0.6 is 23.1 Å². The number of nitriles is 1. The lowest BCUT2D eigenvalue weighted by molar-refractivity contribution is 0.344. The van der Waals surface area contributed by atoms with Gasteiger partial charge in [0.2, 0.25) is 0 Å². The van der Waals surface area contributed by atoms with Crippen molar-refractivity contribution in [2.45, 2.75) is 5.75 Å². The Kier molecular flexibility index (Phi) is 7.18. The smallest absolute Gasteiger partial charge is 0.161 e. The summed E-state index contributed by atoms with van der Waals surface area (Å²) in [6, 6.07) is 15.1. The molecule has 28 heavy (non-hydrogen) atoms. The number of hydrogen-bond donors (Lipinski definition) is 0. The van der Waals surface area contributed by atoms with Gasteiger partial charge in [-0.05, 0) is 42.5 Å². The first kappa shape index (κ1) is 20.1. The van der Waals surface area contributed by atoms with E-state index in [1.807, 2.05) is 30.3 Å². The van der Waals surface area contributed by atoms with Crippen molar-refractivity contribution < 1.29 is 14.2 Å². The Morgan fingerprint density at radius 3 is 2.57 bits per heavy atom. The Bertz CT molecular complexity index is 949. The molecule has 2 aromatic carbocycles. The van der Waals surface area contributed by atoms with Crippen LogP contribution in [-0.2, 0) is 5.75 Å². The van der Waals surface area contributed by atoms with Crippen molar-refractivity contribution in [2.75, 3.05) is 26.6 Å². The van der Waals surface area contributed by atoms with Crippen molar-refractivity contribution in [1.82, 2.24) is 4.98 Å². The quantitative estimate of drug-likeness (QED) is 0.460. The maximum absolute atomic E-state index is 8.80. The molecule has 0 fully saturated rings. The number of hydrogen-bond acceptors (Lipinski definition) is 7. The summed E-state index contributed by atoms with van der Waals surface area (Å²) in [5, 5.41) is 11.8. The van der Waals surface area contributed by atoms with Gasteiger partial charge in [-0.2, -0.15) is 17.0 Å². The van der Waals surface area contributed by atoms with Crippen LogP contribution in [0.1, 0.15) is 11.3 Å². The van der Waals surface area contributed by atoms with E-state index in [0.29, 0.717) is 23.7 Å². The largest absolute Gasteiger partial charge is 0.493 e. The highest BCUT2D eigenvalue weighted by Gasteiger charge is 2.09. The molecule has 0 radical (unpaired) electrons. The first-order valence-electron chi connectivity index (χ1n) is 8.61. The van der Waals surface area contributed by atoms with Crippen LogP contribution in [0.25, 0.3) is 10.6 Å². The third kappa shape index (κ3) is 5.18. The molecule has 0 atom stereocenters. The minimum atomic E-state index is 0.614. The number of ether oxygens (including phenoxy) is 3. The molecule has 0 bridgehead atoms. The van der Waals surface area contributed by atoms with E-state index in [2.05, 4.69) is 11.4 Å². The van der Waals surface area contributed by atoms with E-state index in [1.165, 1.54) is 0 Å². The van der Waals surface area contributed by atoms with Crippen LogP contribution in [0, 0.1) is 11.3 Å². The number of benzene rings is 2. The molecule has 1 heterocycles. The van der Waals surface area contributed by atoms with Crippen LogP contribution in [0.5, 0.6) is 17.2 Å². The highest BCUT2D eigenvalue weighted by molar-refractivity contribution is 7.98. The van der Waals surface area contributed by atoms with Gasteiger partial charge in [0.15, 0.2) is 11.5 Å². The Labute approximate surface area is 172 Å². The molecule has 3 aromatic rings. The van der Waals surface area contributed by atoms with Crippen molar-refractivity contribution in [2.24, 2.45) is 0 Å². The fourth-order valence-electron chi connectivity index (χ4n) is 2.50. The fraction of sp³-hybridized carbons (Fsp3) is 0.238. The fourth-order valence-corrected chi connectivity index (χ4v) is 4.12. The minimum absolute atomic E-state index is 0.614. The van der Waals surface area contributed by atoms with Gasteiger partial charge in [-0.3, -0.25) is 0 Å². The molecule has 5 nitrogen and oxygen atoms in total. The van der Waals surface area contributed by atoms with Gasteiger partial charge in [0.1, 0.15) is 10.8 Å². The van der Waals surface area contributed by atoms with Crippen molar-refractivity contribution in [1.29, 1.82) is 5.26 Å². The number of methoxy groups -OCH3 is 2. The maximum Gasteiger partial charge on any atom is 0.161 e. The molecule has 3 rings (SSSR count). The van der Waals surface area contributed by atoms with Crippen LogP contribution in [-0.4, -0.2) is 31.6 Å². The molecular formula is C21H20N2O3S2. The second kappa shape index (κ2) is 10.0. The van der Waals surface area contributed by atoms with Crippen molar-refractivity contribution in [3.05, 3.63) is 59.1 Å². The summed E-state index contributed by atoms with van der Waals surface area (Å²) in [7, 11) is 3.26. The number of thioether (sulfide) groups is 1. The monoisotopic (exact) mass is 412 g/mol. The standard InChI is InChI=1S/C21H20N2O3S2/c1-24-19-8-5-16(11-20(19)25-2)21-23-17(14-28-21)13-27-10-9-26-18-6-3-15(12-22)4-7-18/h3-8,11,14H,9-10,13H2,1-2H3. The highest BCUT2D eigenvalue weighted by atomic mass is 32.2. The first-order chi connectivity index (χ1) is 13.7. The summed E-state index contributed by atoms with van der Waals surface area (Å²) in [6.07, 6.45) is 0. The Morgan fingerprint density at radius 2 is 1.86 bits per heavy atom. The van der Waals surface area contributed by atoms with Crippen molar-refractivity contribution >= 4 is 23.1 Å². The topological polar surface area (TPSA) is 64.4 Å². The molecule has 0 aliphatic rings. The van der Waals surface area contributed by atoms with Crippen LogP contribution in [0.2, 0.25) is 0 Å². The summed E-state index contributed by atoms with van der Waals surface area (Å²) in [5.74, 6) is 3.89. The van der Waals surface area contributed by atoms with Crippen LogP contribution in [0.4, 0.5) is 0 Å². The Morgan fingerprint density at radius 1 is 1.07 bits per heavy atom. The molecule has 0 spiro atoms. The first-order valence-corrected chi connectivity index (χ1v) is 10.6. The van der Waals surface area contributed by atoms with Crippen LogP contribution in [0.15, 0.2) is 47.8 Å². The third-order valence-corrected chi connectivity index (χ3v) is 5.81. The summed E-state index contributed by atoms with van der Waals surface area (Å²) < 4.78 is 16.3. The predicted molar refractivity (Wildman–Crippen MR) is 113 cm³/mol. The van der Waals surface area contributed by atoms with Gasteiger partial charge in [0, 0.05) is 22.4 Å². The normalized spacial score (nSPS) is 10.3. The van der Waals surface area contributed by atoms with Crippen LogP contribution in [0.3, 0.4) is 0 Å².